The maximum atomic E-state index is 12.9. The molecular weight excluding hydrogens is 492 g/mol. The summed E-state index contributed by atoms with van der Waals surface area (Å²) in [4.78, 5) is 15.2. The largest absolute Gasteiger partial charge is 0.366 e. The van der Waals surface area contributed by atoms with Crippen molar-refractivity contribution in [2.45, 2.75) is 11.3 Å². The number of primary amides is 1. The third-order valence-electron chi connectivity index (χ3n) is 4.54. The molecule has 0 saturated heterocycles. The minimum absolute atomic E-state index is 0.146. The van der Waals surface area contributed by atoms with Crippen molar-refractivity contribution in [3.8, 4) is 0 Å². The fourth-order valence-corrected chi connectivity index (χ4v) is 4.37. The first-order valence-electron chi connectivity index (χ1n) is 9.53. The van der Waals surface area contributed by atoms with Crippen LogP contribution in [0.15, 0.2) is 63.5 Å². The van der Waals surface area contributed by atoms with E-state index in [-0.39, 0.29) is 23.0 Å². The minimum Gasteiger partial charge on any atom is -0.366 e. The lowest BCUT2D eigenvalue weighted by Gasteiger charge is -2.18. The molecule has 0 aliphatic carbocycles. The van der Waals surface area contributed by atoms with E-state index in [9.17, 15) is 21.6 Å². The topological polar surface area (TPSA) is 177 Å². The van der Waals surface area contributed by atoms with Crippen LogP contribution in [0.25, 0.3) is 0 Å². The van der Waals surface area contributed by atoms with Crippen molar-refractivity contribution in [3.05, 3.63) is 64.7 Å². The fraction of sp³-hybridized carbons (Fsp3) is 0.211. The van der Waals surface area contributed by atoms with Crippen LogP contribution in [0, 0.1) is 0 Å². The average molecular weight is 513 g/mol. The van der Waals surface area contributed by atoms with Gasteiger partial charge >= 0.3 is 0 Å². The predicted octanol–water partition coefficient (Wildman–Crippen LogP) is 0.472. The summed E-state index contributed by atoms with van der Waals surface area (Å²) in [5.41, 5.74) is 6.81. The first-order chi connectivity index (χ1) is 15.4. The smallest absolute Gasteiger partial charge is 0.264 e. The number of nitrogens with zero attached hydrogens (tertiary/aromatic N) is 3. The van der Waals surface area contributed by atoms with Crippen LogP contribution in [-0.4, -0.2) is 58.3 Å². The number of guanidine groups is 1. The Balaban J connectivity index is 1.88. The van der Waals surface area contributed by atoms with E-state index in [1.807, 2.05) is 0 Å². The molecule has 0 unspecified atom stereocenters. The molecule has 11 nitrogen and oxygen atoms in total. The van der Waals surface area contributed by atoms with Crippen LogP contribution in [0.5, 0.6) is 0 Å². The molecule has 0 saturated carbocycles. The zero-order chi connectivity index (χ0) is 24.2. The SMILES string of the molecule is NC(=O)c1ccc(S(=O)(=O)NC(=NCCS(N)(=O)=O)N2CCC(c3ccc(Cl)cc3)=N2)cc1. The molecule has 14 heteroatoms. The number of hydrogen-bond acceptors (Lipinski definition) is 7. The number of rotatable bonds is 7. The molecule has 0 fully saturated rings. The number of primary sulfonamides is 1. The molecule has 1 aliphatic rings. The van der Waals surface area contributed by atoms with Gasteiger partial charge in [-0.05, 0) is 42.0 Å². The van der Waals surface area contributed by atoms with Gasteiger partial charge in [-0.3, -0.25) is 4.79 Å². The van der Waals surface area contributed by atoms with Gasteiger partial charge in [0.15, 0.2) is 0 Å². The maximum absolute atomic E-state index is 12.9. The molecule has 0 radical (unpaired) electrons. The van der Waals surface area contributed by atoms with Crippen LogP contribution < -0.4 is 15.6 Å². The van der Waals surface area contributed by atoms with Crippen molar-refractivity contribution in [3.63, 3.8) is 0 Å². The van der Waals surface area contributed by atoms with Gasteiger partial charge in [-0.25, -0.2) is 36.7 Å². The molecular formula is C19H21ClN6O5S2. The standard InChI is InChI=1S/C19H21ClN6O5S2/c20-15-5-1-13(2-6-15)17-9-11-26(24-17)19(23-10-12-32(22,28)29)25-33(30,31)16-7-3-14(4-8-16)18(21)27/h1-8H,9-12H2,(H2,21,27)(H,23,25)(H2,22,28,29). The molecule has 0 atom stereocenters. The Morgan fingerprint density at radius 1 is 1.09 bits per heavy atom. The highest BCUT2D eigenvalue weighted by Gasteiger charge is 2.25. The van der Waals surface area contributed by atoms with Crippen molar-refractivity contribution >= 4 is 49.2 Å². The van der Waals surface area contributed by atoms with Gasteiger partial charge in [0.2, 0.25) is 21.9 Å². The highest BCUT2D eigenvalue weighted by atomic mass is 35.5. The van der Waals surface area contributed by atoms with Gasteiger partial charge in [-0.15, -0.1) is 0 Å². The molecule has 1 aliphatic heterocycles. The molecule has 2 aromatic rings. The number of halogens is 1. The second-order valence-corrected chi connectivity index (χ2v) is 10.8. The Kier molecular flexibility index (Phi) is 7.37. The molecule has 1 amide bonds. The van der Waals surface area contributed by atoms with Crippen LogP contribution >= 0.6 is 11.6 Å². The van der Waals surface area contributed by atoms with Crippen molar-refractivity contribution in [2.24, 2.45) is 21.0 Å². The highest BCUT2D eigenvalue weighted by Crippen LogP contribution is 2.18. The van der Waals surface area contributed by atoms with E-state index in [0.717, 1.165) is 5.56 Å². The minimum atomic E-state index is -4.13. The second kappa shape index (κ2) is 9.87. The maximum Gasteiger partial charge on any atom is 0.264 e. The fourth-order valence-electron chi connectivity index (χ4n) is 2.88. The Hall–Kier alpha value is -3.00. The molecule has 176 valence electrons. The third kappa shape index (κ3) is 6.74. The Morgan fingerprint density at radius 3 is 2.30 bits per heavy atom. The van der Waals surface area contributed by atoms with Crippen LogP contribution in [-0.2, 0) is 20.0 Å². The number of benzene rings is 2. The summed E-state index contributed by atoms with van der Waals surface area (Å²) in [6, 6.07) is 12.0. The molecule has 1 heterocycles. The first kappa shape index (κ1) is 24.6. The van der Waals surface area contributed by atoms with Crippen molar-refractivity contribution in [1.82, 2.24) is 9.73 Å². The highest BCUT2D eigenvalue weighted by molar-refractivity contribution is 7.90. The molecule has 33 heavy (non-hydrogen) atoms. The summed E-state index contributed by atoms with van der Waals surface area (Å²) < 4.78 is 50.7. The summed E-state index contributed by atoms with van der Waals surface area (Å²) in [7, 11) is -7.94. The van der Waals surface area contributed by atoms with Crippen LogP contribution in [0.1, 0.15) is 22.3 Å². The lowest BCUT2D eigenvalue weighted by molar-refractivity contribution is 0.1000. The van der Waals surface area contributed by atoms with Crippen LogP contribution in [0.3, 0.4) is 0 Å². The number of carbonyl (C=O) groups excluding carboxylic acids is 1. The van der Waals surface area contributed by atoms with Gasteiger partial charge < -0.3 is 5.73 Å². The zero-order valence-electron chi connectivity index (χ0n) is 17.2. The van der Waals surface area contributed by atoms with E-state index in [4.69, 9.17) is 22.5 Å². The number of sulfonamides is 2. The third-order valence-corrected chi connectivity index (χ3v) is 6.88. The van der Waals surface area contributed by atoms with E-state index in [1.165, 1.54) is 29.3 Å². The summed E-state index contributed by atoms with van der Waals surface area (Å²) in [6.45, 7) is 0.0227. The number of hydrogen-bond donors (Lipinski definition) is 3. The predicted molar refractivity (Wildman–Crippen MR) is 125 cm³/mol. The van der Waals surface area contributed by atoms with E-state index < -0.39 is 31.7 Å². The Bertz CT molecular complexity index is 1310. The zero-order valence-corrected chi connectivity index (χ0v) is 19.6. The van der Waals surface area contributed by atoms with Crippen molar-refractivity contribution in [2.75, 3.05) is 18.8 Å². The molecule has 5 N–H and O–H groups in total. The summed E-state index contributed by atoms with van der Waals surface area (Å²) in [6.07, 6.45) is 0.491. The monoisotopic (exact) mass is 512 g/mol. The van der Waals surface area contributed by atoms with E-state index in [0.29, 0.717) is 23.7 Å². The van der Waals surface area contributed by atoms with Gasteiger partial charge in [0.25, 0.3) is 10.0 Å². The van der Waals surface area contributed by atoms with Crippen molar-refractivity contribution in [1.29, 1.82) is 0 Å². The summed E-state index contributed by atoms with van der Waals surface area (Å²) in [5.74, 6) is -1.34. The number of hydrazone groups is 1. The Morgan fingerprint density at radius 2 is 1.73 bits per heavy atom. The van der Waals surface area contributed by atoms with Gasteiger partial charge in [-0.2, -0.15) is 5.10 Å². The molecule has 2 aromatic carbocycles. The summed E-state index contributed by atoms with van der Waals surface area (Å²) in [5, 5.41) is 11.3. The van der Waals surface area contributed by atoms with E-state index >= 15 is 0 Å². The Labute approximate surface area is 196 Å². The second-order valence-electron chi connectivity index (χ2n) is 6.99. The summed E-state index contributed by atoms with van der Waals surface area (Å²) >= 11 is 5.92. The average Bonchev–Trinajstić information content (AvgIpc) is 3.23. The van der Waals surface area contributed by atoms with E-state index in [1.54, 1.807) is 24.3 Å². The van der Waals surface area contributed by atoms with Gasteiger partial charge in [0.05, 0.1) is 29.4 Å². The van der Waals surface area contributed by atoms with Crippen LogP contribution in [0.4, 0.5) is 0 Å². The quantitative estimate of drug-likeness (QED) is 0.358. The normalized spacial score (nSPS) is 14.8. The first-order valence-corrected chi connectivity index (χ1v) is 13.1. The molecule has 0 spiro atoms. The molecule has 0 aromatic heterocycles. The lowest BCUT2D eigenvalue weighted by atomic mass is 10.1. The number of nitrogens with two attached hydrogens (primary N) is 2. The van der Waals surface area contributed by atoms with Crippen molar-refractivity contribution < 1.29 is 21.6 Å². The number of carbonyl (C=O) groups is 1. The van der Waals surface area contributed by atoms with Gasteiger partial charge in [0, 0.05) is 17.0 Å². The number of amides is 1. The molecule has 0 bridgehead atoms. The number of nitrogens with one attached hydrogen (secondary N) is 1. The van der Waals surface area contributed by atoms with Crippen LogP contribution in [0.2, 0.25) is 5.02 Å². The van der Waals surface area contributed by atoms with Gasteiger partial charge in [0.1, 0.15) is 0 Å². The number of aliphatic imine (C=N–C) groups is 1. The van der Waals surface area contributed by atoms with E-state index in [2.05, 4.69) is 14.8 Å². The van der Waals surface area contributed by atoms with Gasteiger partial charge in [-0.1, -0.05) is 23.7 Å². The lowest BCUT2D eigenvalue weighted by Crippen LogP contribution is -2.41. The molecule has 3 rings (SSSR count).